The molecule has 0 aliphatic carbocycles. The lowest BCUT2D eigenvalue weighted by atomic mass is 10.2. The molecule has 1 heterocycles. The minimum Gasteiger partial charge on any atom is -0.493 e. The maximum atomic E-state index is 12.3. The van der Waals surface area contributed by atoms with Gasteiger partial charge in [-0.05, 0) is 24.3 Å². The van der Waals surface area contributed by atoms with Crippen LogP contribution in [0.4, 0.5) is 0 Å². The number of hydrogen-bond acceptors (Lipinski definition) is 7. The molecule has 1 aromatic heterocycles. The largest absolute Gasteiger partial charge is 0.493 e. The van der Waals surface area contributed by atoms with Crippen LogP contribution in [0.25, 0.3) is 10.9 Å². The number of carbonyl (C=O) groups is 2. The lowest BCUT2D eigenvalue weighted by molar-refractivity contribution is -0.132. The molecule has 3 rings (SSSR count). The molecule has 1 amide bonds. The zero-order chi connectivity index (χ0) is 20.8. The summed E-state index contributed by atoms with van der Waals surface area (Å²) >= 11 is 0. The molecule has 8 heteroatoms. The van der Waals surface area contributed by atoms with Crippen molar-refractivity contribution in [2.24, 2.45) is 5.10 Å². The van der Waals surface area contributed by atoms with E-state index in [1.165, 1.54) is 27.4 Å². The lowest BCUT2D eigenvalue weighted by Gasteiger charge is -2.13. The van der Waals surface area contributed by atoms with Gasteiger partial charge in [-0.15, -0.1) is 0 Å². The molecule has 0 atom stereocenters. The fourth-order valence-electron chi connectivity index (χ4n) is 2.63. The number of para-hydroxylation sites is 1. The first-order valence-electron chi connectivity index (χ1n) is 8.65. The maximum Gasteiger partial charge on any atom is 0.308 e. The van der Waals surface area contributed by atoms with Crippen LogP contribution in [0, 0.1) is 0 Å². The van der Waals surface area contributed by atoms with Crippen molar-refractivity contribution in [2.75, 3.05) is 14.2 Å². The van der Waals surface area contributed by atoms with Gasteiger partial charge in [0.25, 0.3) is 5.91 Å². The normalized spacial score (nSPS) is 10.7. The summed E-state index contributed by atoms with van der Waals surface area (Å²) in [7, 11) is 2.88. The molecule has 0 fully saturated rings. The Labute approximate surface area is 167 Å². The third kappa shape index (κ3) is 4.67. The Morgan fingerprint density at radius 1 is 1.03 bits per heavy atom. The first-order chi connectivity index (χ1) is 14.0. The van der Waals surface area contributed by atoms with E-state index in [1.807, 2.05) is 30.3 Å². The quantitative estimate of drug-likeness (QED) is 0.299. The van der Waals surface area contributed by atoms with Gasteiger partial charge in [0.2, 0.25) is 5.75 Å². The zero-order valence-corrected chi connectivity index (χ0v) is 16.1. The number of amides is 1. The highest BCUT2D eigenvalue weighted by Gasteiger charge is 2.15. The predicted molar refractivity (Wildman–Crippen MR) is 108 cm³/mol. The molecule has 2 aromatic carbocycles. The molecule has 0 aliphatic rings. The smallest absolute Gasteiger partial charge is 0.308 e. The van der Waals surface area contributed by atoms with E-state index in [0.717, 1.165) is 10.9 Å². The van der Waals surface area contributed by atoms with Gasteiger partial charge < -0.3 is 14.2 Å². The molecule has 1 N–H and O–H groups in total. The summed E-state index contributed by atoms with van der Waals surface area (Å²) in [5.41, 5.74) is 3.98. The third-order valence-electron chi connectivity index (χ3n) is 3.94. The van der Waals surface area contributed by atoms with E-state index in [-0.39, 0.29) is 11.4 Å². The highest BCUT2D eigenvalue weighted by molar-refractivity contribution is 5.95. The number of methoxy groups -OCH3 is 2. The number of hydrogen-bond donors (Lipinski definition) is 1. The molecule has 0 saturated carbocycles. The van der Waals surface area contributed by atoms with Crippen LogP contribution in [0.1, 0.15) is 23.0 Å². The van der Waals surface area contributed by atoms with Gasteiger partial charge in [0.15, 0.2) is 11.5 Å². The average molecular weight is 393 g/mol. The summed E-state index contributed by atoms with van der Waals surface area (Å²) in [5.74, 6) is -0.184. The Morgan fingerprint density at radius 3 is 2.38 bits per heavy atom. The summed E-state index contributed by atoms with van der Waals surface area (Å²) in [5, 5.41) is 4.90. The van der Waals surface area contributed by atoms with Gasteiger partial charge in [-0.2, -0.15) is 5.10 Å². The van der Waals surface area contributed by atoms with Crippen LogP contribution < -0.4 is 19.6 Å². The molecule has 0 aliphatic heterocycles. The van der Waals surface area contributed by atoms with Crippen molar-refractivity contribution >= 4 is 29.0 Å². The minimum atomic E-state index is -0.502. The van der Waals surface area contributed by atoms with E-state index < -0.39 is 11.9 Å². The Bertz CT molecular complexity index is 1070. The summed E-state index contributed by atoms with van der Waals surface area (Å²) in [4.78, 5) is 27.9. The SMILES string of the molecule is COc1cc(/C=N/NC(=O)c2ccc3ccccc3n2)cc(OC)c1OC(C)=O. The van der Waals surface area contributed by atoms with Gasteiger partial charge in [0, 0.05) is 17.9 Å². The average Bonchev–Trinajstić information content (AvgIpc) is 2.73. The lowest BCUT2D eigenvalue weighted by Crippen LogP contribution is -2.19. The van der Waals surface area contributed by atoms with E-state index >= 15 is 0 Å². The topological polar surface area (TPSA) is 99.1 Å². The van der Waals surface area contributed by atoms with Gasteiger partial charge in [-0.25, -0.2) is 10.4 Å². The Kier molecular flexibility index (Phi) is 6.03. The molecule has 8 nitrogen and oxygen atoms in total. The van der Waals surface area contributed by atoms with E-state index in [2.05, 4.69) is 15.5 Å². The molecule has 0 bridgehead atoms. The van der Waals surface area contributed by atoms with Crippen molar-refractivity contribution < 1.29 is 23.8 Å². The standard InChI is InChI=1S/C21H19N3O5/c1-13(25)29-20-18(27-2)10-14(11-19(20)28-3)12-22-24-21(26)17-9-8-15-6-4-5-7-16(15)23-17/h4-12H,1-3H3,(H,24,26)/b22-12+. The number of hydrazone groups is 1. The first kappa shape index (κ1) is 19.8. The van der Waals surface area contributed by atoms with Crippen molar-refractivity contribution in [3.8, 4) is 17.2 Å². The van der Waals surface area contributed by atoms with E-state index in [1.54, 1.807) is 18.2 Å². The zero-order valence-electron chi connectivity index (χ0n) is 16.1. The number of fused-ring (bicyclic) bond motifs is 1. The van der Waals surface area contributed by atoms with Crippen molar-refractivity contribution in [1.29, 1.82) is 0 Å². The van der Waals surface area contributed by atoms with Crippen molar-refractivity contribution in [2.45, 2.75) is 6.92 Å². The van der Waals surface area contributed by atoms with Gasteiger partial charge in [-0.3, -0.25) is 9.59 Å². The fourth-order valence-corrected chi connectivity index (χ4v) is 2.63. The molecular weight excluding hydrogens is 374 g/mol. The molecule has 0 radical (unpaired) electrons. The molecule has 0 saturated heterocycles. The Morgan fingerprint density at radius 2 is 1.72 bits per heavy atom. The number of pyridine rings is 1. The van der Waals surface area contributed by atoms with Crippen LogP contribution in [0.5, 0.6) is 17.2 Å². The number of rotatable bonds is 6. The monoisotopic (exact) mass is 393 g/mol. The second-order valence-electron chi connectivity index (χ2n) is 5.94. The van der Waals surface area contributed by atoms with Gasteiger partial charge in [-0.1, -0.05) is 24.3 Å². The van der Waals surface area contributed by atoms with Gasteiger partial charge >= 0.3 is 5.97 Å². The maximum absolute atomic E-state index is 12.3. The molecule has 148 valence electrons. The molecular formula is C21H19N3O5. The molecule has 0 spiro atoms. The van der Waals surface area contributed by atoms with Crippen LogP contribution in [-0.4, -0.2) is 37.3 Å². The fraction of sp³-hybridized carbons (Fsp3) is 0.143. The number of nitrogens with zero attached hydrogens (tertiary/aromatic N) is 2. The van der Waals surface area contributed by atoms with Crippen molar-refractivity contribution in [3.05, 3.63) is 59.8 Å². The highest BCUT2D eigenvalue weighted by atomic mass is 16.6. The predicted octanol–water partition coefficient (Wildman–Crippen LogP) is 2.94. The van der Waals surface area contributed by atoms with Crippen LogP contribution >= 0.6 is 0 Å². The summed E-state index contributed by atoms with van der Waals surface area (Å²) < 4.78 is 15.6. The van der Waals surface area contributed by atoms with Crippen LogP contribution in [0.2, 0.25) is 0 Å². The third-order valence-corrected chi connectivity index (χ3v) is 3.94. The van der Waals surface area contributed by atoms with Crippen LogP contribution in [0.3, 0.4) is 0 Å². The van der Waals surface area contributed by atoms with Crippen molar-refractivity contribution in [3.63, 3.8) is 0 Å². The molecule has 3 aromatic rings. The second kappa shape index (κ2) is 8.83. The number of carbonyl (C=O) groups excluding carboxylic acids is 2. The van der Waals surface area contributed by atoms with E-state index in [4.69, 9.17) is 14.2 Å². The Hall–Kier alpha value is -3.94. The van der Waals surface area contributed by atoms with Crippen molar-refractivity contribution in [1.82, 2.24) is 10.4 Å². The van der Waals surface area contributed by atoms with Crippen LogP contribution in [0.15, 0.2) is 53.6 Å². The molecule has 29 heavy (non-hydrogen) atoms. The van der Waals surface area contributed by atoms with E-state index in [0.29, 0.717) is 17.1 Å². The number of esters is 1. The second-order valence-corrected chi connectivity index (χ2v) is 5.94. The highest BCUT2D eigenvalue weighted by Crippen LogP contribution is 2.38. The Balaban J connectivity index is 1.78. The number of ether oxygens (including phenoxy) is 3. The van der Waals surface area contributed by atoms with Gasteiger partial charge in [0.1, 0.15) is 5.69 Å². The summed E-state index contributed by atoms with van der Waals surface area (Å²) in [6.07, 6.45) is 1.42. The number of nitrogens with one attached hydrogen (secondary N) is 1. The number of aromatic nitrogens is 1. The van der Waals surface area contributed by atoms with Crippen LogP contribution in [-0.2, 0) is 4.79 Å². The number of benzene rings is 2. The minimum absolute atomic E-state index is 0.170. The summed E-state index contributed by atoms with van der Waals surface area (Å²) in [6.45, 7) is 1.28. The van der Waals surface area contributed by atoms with Gasteiger partial charge in [0.05, 0.1) is 26.0 Å². The van der Waals surface area contributed by atoms with E-state index in [9.17, 15) is 9.59 Å². The first-order valence-corrected chi connectivity index (χ1v) is 8.65. The summed E-state index contributed by atoms with van der Waals surface area (Å²) in [6, 6.07) is 14.2. The molecule has 0 unspecified atom stereocenters.